The van der Waals surface area contributed by atoms with Gasteiger partial charge in [0.05, 0.1) is 30.1 Å². The Balaban J connectivity index is 1.32. The minimum atomic E-state index is -1.83. The van der Waals surface area contributed by atoms with Gasteiger partial charge in [0, 0.05) is 60.3 Å². The summed E-state index contributed by atoms with van der Waals surface area (Å²) in [5, 5.41) is 28.9. The number of likely N-dealkylation sites (tertiary alicyclic amines) is 1. The maximum Gasteiger partial charge on any atom is 0.409 e. The van der Waals surface area contributed by atoms with Crippen molar-refractivity contribution < 1.29 is 33.6 Å². The third-order valence-electron chi connectivity index (χ3n) is 9.87. The minimum Gasteiger partial charge on any atom is -0.467 e. The fraction of sp³-hybridized carbons (Fsp3) is 0.389. The summed E-state index contributed by atoms with van der Waals surface area (Å²) >= 11 is 0. The van der Waals surface area contributed by atoms with E-state index in [1.165, 1.54) is 12.3 Å². The van der Waals surface area contributed by atoms with Gasteiger partial charge in [-0.3, -0.25) is 9.88 Å². The number of pyridine rings is 2. The molecule has 3 saturated heterocycles. The fourth-order valence-electron chi connectivity index (χ4n) is 7.34. The SMILES string of the molecule is O=C(O)N1CC(Oc2nc(C3CCOCC3)c(-c3cncc(F)c3)c3cc4cnn(C5CCCCO5)c4cc23)C1(O)Cc1ccccc1. The van der Waals surface area contributed by atoms with Crippen molar-refractivity contribution in [3.8, 4) is 17.0 Å². The van der Waals surface area contributed by atoms with Crippen LogP contribution in [-0.4, -0.2) is 79.1 Å². The van der Waals surface area contributed by atoms with E-state index in [1.54, 1.807) is 6.20 Å². The molecule has 0 saturated carbocycles. The summed E-state index contributed by atoms with van der Waals surface area (Å²) in [5.41, 5.74) is 1.82. The first-order valence-electron chi connectivity index (χ1n) is 16.5. The van der Waals surface area contributed by atoms with Crippen LogP contribution in [-0.2, 0) is 15.9 Å². The summed E-state index contributed by atoms with van der Waals surface area (Å²) in [6, 6.07) is 14.7. The average molecular weight is 654 g/mol. The minimum absolute atomic E-state index is 0.0158. The molecule has 6 heterocycles. The number of ether oxygens (including phenoxy) is 3. The van der Waals surface area contributed by atoms with Gasteiger partial charge in [-0.1, -0.05) is 30.3 Å². The number of nitrogens with zero attached hydrogens (tertiary/aromatic N) is 5. The third-order valence-corrected chi connectivity index (χ3v) is 9.87. The number of carboxylic acid groups (broad SMARTS) is 1. The van der Waals surface area contributed by atoms with E-state index in [2.05, 4.69) is 4.98 Å². The molecule has 3 unspecified atom stereocenters. The second kappa shape index (κ2) is 12.4. The van der Waals surface area contributed by atoms with Crippen molar-refractivity contribution in [3.63, 3.8) is 0 Å². The van der Waals surface area contributed by atoms with Crippen LogP contribution in [0.1, 0.15) is 55.5 Å². The Morgan fingerprint density at radius 3 is 2.60 bits per heavy atom. The van der Waals surface area contributed by atoms with Gasteiger partial charge in [0.2, 0.25) is 5.88 Å². The number of aromatic nitrogens is 4. The monoisotopic (exact) mass is 653 g/mol. The van der Waals surface area contributed by atoms with Crippen molar-refractivity contribution in [2.45, 2.75) is 62.5 Å². The highest BCUT2D eigenvalue weighted by Crippen LogP contribution is 2.45. The maximum atomic E-state index is 14.7. The van der Waals surface area contributed by atoms with Crippen molar-refractivity contribution in [3.05, 3.63) is 84.2 Å². The molecule has 5 aromatic rings. The van der Waals surface area contributed by atoms with E-state index in [-0.39, 0.29) is 31.0 Å². The zero-order valence-corrected chi connectivity index (χ0v) is 26.3. The van der Waals surface area contributed by atoms with E-state index in [1.807, 2.05) is 53.3 Å². The second-order valence-corrected chi connectivity index (χ2v) is 12.9. The number of fused-ring (bicyclic) bond motifs is 2. The molecule has 0 spiro atoms. The van der Waals surface area contributed by atoms with Crippen LogP contribution in [0.15, 0.2) is 67.1 Å². The quantitative estimate of drug-likeness (QED) is 0.215. The standard InChI is InChI=1S/C36H36FN5O6/c37-26-14-25(18-38-20-26)32-27-15-24-19-39-42(31-8-4-5-11-47-31)29(24)16-28(27)34(40-33(32)23-9-12-46-13-10-23)48-30-21-41(35(43)44)36(30,45)17-22-6-2-1-3-7-22/h1-3,6-7,14-16,18-20,23,30-31,45H,4-5,8-13,17,21H2,(H,43,44). The first-order chi connectivity index (χ1) is 23.4. The summed E-state index contributed by atoms with van der Waals surface area (Å²) in [4.78, 5) is 22.6. The molecule has 2 aromatic carbocycles. The molecule has 1 amide bonds. The molecule has 3 atom stereocenters. The molecule has 48 heavy (non-hydrogen) atoms. The number of aliphatic hydroxyl groups is 1. The number of hydrogen-bond donors (Lipinski definition) is 2. The molecular formula is C36H36FN5O6. The van der Waals surface area contributed by atoms with E-state index in [0.717, 1.165) is 57.3 Å². The van der Waals surface area contributed by atoms with Crippen LogP contribution in [0.2, 0.25) is 0 Å². The van der Waals surface area contributed by atoms with Gasteiger partial charge in [0.25, 0.3) is 0 Å². The van der Waals surface area contributed by atoms with E-state index < -0.39 is 23.7 Å². The van der Waals surface area contributed by atoms with Crippen molar-refractivity contribution in [1.82, 2.24) is 24.6 Å². The van der Waals surface area contributed by atoms with Crippen LogP contribution in [0.4, 0.5) is 9.18 Å². The van der Waals surface area contributed by atoms with Gasteiger partial charge in [-0.05, 0) is 61.3 Å². The van der Waals surface area contributed by atoms with E-state index >= 15 is 0 Å². The predicted molar refractivity (Wildman–Crippen MR) is 174 cm³/mol. The Labute approximate surface area is 275 Å². The normalized spacial score (nSPS) is 23.3. The highest BCUT2D eigenvalue weighted by Gasteiger charge is 2.57. The largest absolute Gasteiger partial charge is 0.467 e. The van der Waals surface area contributed by atoms with Crippen LogP contribution >= 0.6 is 0 Å². The van der Waals surface area contributed by atoms with E-state index in [0.29, 0.717) is 43.6 Å². The number of halogens is 1. The van der Waals surface area contributed by atoms with Gasteiger partial charge in [-0.25, -0.2) is 18.9 Å². The van der Waals surface area contributed by atoms with Crippen LogP contribution in [0.5, 0.6) is 5.88 Å². The molecule has 12 heteroatoms. The summed E-state index contributed by atoms with van der Waals surface area (Å²) in [5.74, 6) is -0.213. The zero-order chi connectivity index (χ0) is 32.8. The number of rotatable bonds is 7. The number of hydrogen-bond acceptors (Lipinski definition) is 8. The Kier molecular flexibility index (Phi) is 7.94. The van der Waals surface area contributed by atoms with Crippen LogP contribution < -0.4 is 4.74 Å². The number of amides is 1. The van der Waals surface area contributed by atoms with Gasteiger partial charge in [-0.15, -0.1) is 0 Å². The lowest BCUT2D eigenvalue weighted by atomic mass is 9.87. The lowest BCUT2D eigenvalue weighted by Crippen LogP contribution is -2.75. The van der Waals surface area contributed by atoms with Crippen LogP contribution in [0.3, 0.4) is 0 Å². The first kappa shape index (κ1) is 30.7. The smallest absolute Gasteiger partial charge is 0.409 e. The lowest BCUT2D eigenvalue weighted by Gasteiger charge is -2.52. The third kappa shape index (κ3) is 5.43. The lowest BCUT2D eigenvalue weighted by molar-refractivity contribution is -0.229. The Hall–Kier alpha value is -4.65. The summed E-state index contributed by atoms with van der Waals surface area (Å²) < 4.78 is 35.0. The highest BCUT2D eigenvalue weighted by atomic mass is 19.1. The molecule has 3 fully saturated rings. The molecule has 0 bridgehead atoms. The molecule has 11 nitrogen and oxygen atoms in total. The van der Waals surface area contributed by atoms with E-state index in [9.17, 15) is 19.4 Å². The molecule has 3 aromatic heterocycles. The molecular weight excluding hydrogens is 617 g/mol. The molecule has 2 N–H and O–H groups in total. The van der Waals surface area contributed by atoms with Gasteiger partial charge in [0.1, 0.15) is 5.82 Å². The number of carbonyl (C=O) groups is 1. The van der Waals surface area contributed by atoms with Gasteiger partial charge < -0.3 is 24.4 Å². The topological polar surface area (TPSA) is 132 Å². The van der Waals surface area contributed by atoms with Crippen molar-refractivity contribution >= 4 is 27.8 Å². The summed E-state index contributed by atoms with van der Waals surface area (Å²) in [6.07, 6.45) is 6.59. The molecule has 248 valence electrons. The van der Waals surface area contributed by atoms with Crippen LogP contribution in [0.25, 0.3) is 32.8 Å². The van der Waals surface area contributed by atoms with Crippen molar-refractivity contribution in [1.29, 1.82) is 0 Å². The zero-order valence-electron chi connectivity index (χ0n) is 26.3. The number of benzene rings is 2. The predicted octanol–water partition coefficient (Wildman–Crippen LogP) is 6.05. The van der Waals surface area contributed by atoms with Crippen molar-refractivity contribution in [2.75, 3.05) is 26.4 Å². The molecule has 0 radical (unpaired) electrons. The highest BCUT2D eigenvalue weighted by molar-refractivity contribution is 6.06. The van der Waals surface area contributed by atoms with Gasteiger partial charge >= 0.3 is 6.09 Å². The average Bonchev–Trinajstić information content (AvgIpc) is 3.52. The molecule has 3 aliphatic heterocycles. The maximum absolute atomic E-state index is 14.7. The molecule has 3 aliphatic rings. The molecule has 8 rings (SSSR count). The fourth-order valence-corrected chi connectivity index (χ4v) is 7.34. The first-order valence-corrected chi connectivity index (χ1v) is 16.5. The Morgan fingerprint density at radius 2 is 1.85 bits per heavy atom. The van der Waals surface area contributed by atoms with Gasteiger partial charge in [-0.2, -0.15) is 5.10 Å². The Bertz CT molecular complexity index is 1980. The second-order valence-electron chi connectivity index (χ2n) is 12.9. The Morgan fingerprint density at radius 1 is 1.02 bits per heavy atom. The molecule has 0 aliphatic carbocycles. The van der Waals surface area contributed by atoms with Crippen LogP contribution in [0, 0.1) is 5.82 Å². The van der Waals surface area contributed by atoms with Crippen molar-refractivity contribution in [2.24, 2.45) is 0 Å². The van der Waals surface area contributed by atoms with Gasteiger partial charge in [0.15, 0.2) is 18.1 Å². The summed E-state index contributed by atoms with van der Waals surface area (Å²) in [6.45, 7) is 1.73. The van der Waals surface area contributed by atoms with E-state index in [4.69, 9.17) is 24.3 Å². The summed E-state index contributed by atoms with van der Waals surface area (Å²) in [7, 11) is 0.